The van der Waals surface area contributed by atoms with Gasteiger partial charge in [-0.3, -0.25) is 0 Å². The van der Waals surface area contributed by atoms with Crippen molar-refractivity contribution in [2.45, 2.75) is 6.04 Å². The summed E-state index contributed by atoms with van der Waals surface area (Å²) >= 11 is 5.40. The second-order valence-corrected chi connectivity index (χ2v) is 4.32. The van der Waals surface area contributed by atoms with Crippen molar-refractivity contribution in [2.75, 3.05) is 0 Å². The van der Waals surface area contributed by atoms with Crippen LogP contribution in [-0.4, -0.2) is 0 Å². The van der Waals surface area contributed by atoms with Crippen LogP contribution in [0.5, 0.6) is 0 Å². The summed E-state index contributed by atoms with van der Waals surface area (Å²) in [4.78, 5) is 0. The lowest BCUT2D eigenvalue weighted by Crippen LogP contribution is -2.16. The van der Waals surface area contributed by atoms with Crippen molar-refractivity contribution >= 4 is 11.6 Å². The van der Waals surface area contributed by atoms with Crippen molar-refractivity contribution in [1.82, 2.24) is 0 Å². The molecule has 0 heterocycles. The Labute approximate surface area is 111 Å². The van der Waals surface area contributed by atoms with Gasteiger partial charge in [0.1, 0.15) is 11.6 Å². The first-order valence-corrected chi connectivity index (χ1v) is 5.63. The Morgan fingerprint density at radius 3 is 2.26 bits per heavy atom. The minimum Gasteiger partial charge on any atom is -0.320 e. The molecule has 0 bridgehead atoms. The van der Waals surface area contributed by atoms with Crippen LogP contribution >= 0.6 is 11.6 Å². The number of halogens is 5. The first-order valence-electron chi connectivity index (χ1n) is 5.25. The molecule has 0 fully saturated rings. The van der Waals surface area contributed by atoms with E-state index in [9.17, 15) is 17.6 Å². The van der Waals surface area contributed by atoms with Gasteiger partial charge in [0, 0.05) is 11.1 Å². The van der Waals surface area contributed by atoms with Gasteiger partial charge in [0.15, 0.2) is 11.6 Å². The quantitative estimate of drug-likeness (QED) is 0.657. The third kappa shape index (κ3) is 2.57. The van der Waals surface area contributed by atoms with Crippen molar-refractivity contribution in [2.24, 2.45) is 5.73 Å². The predicted molar refractivity (Wildman–Crippen MR) is 63.8 cm³/mol. The molecule has 2 aromatic carbocycles. The molecule has 100 valence electrons. The minimum atomic E-state index is -1.33. The summed E-state index contributed by atoms with van der Waals surface area (Å²) in [7, 11) is 0. The van der Waals surface area contributed by atoms with E-state index in [0.29, 0.717) is 0 Å². The molecule has 0 spiro atoms. The van der Waals surface area contributed by atoms with Gasteiger partial charge in [-0.25, -0.2) is 17.6 Å². The highest BCUT2D eigenvalue weighted by Gasteiger charge is 2.20. The van der Waals surface area contributed by atoms with Crippen molar-refractivity contribution in [1.29, 1.82) is 0 Å². The summed E-state index contributed by atoms with van der Waals surface area (Å²) in [5, 5.41) is -0.409. The van der Waals surface area contributed by atoms with Crippen LogP contribution in [0.2, 0.25) is 5.02 Å². The molecule has 2 aromatic rings. The van der Waals surface area contributed by atoms with Crippen LogP contribution in [0.1, 0.15) is 17.2 Å². The zero-order valence-corrected chi connectivity index (χ0v) is 10.2. The highest BCUT2D eigenvalue weighted by atomic mass is 35.5. The fourth-order valence-corrected chi connectivity index (χ4v) is 1.85. The van der Waals surface area contributed by atoms with Gasteiger partial charge in [0.2, 0.25) is 0 Å². The van der Waals surface area contributed by atoms with Gasteiger partial charge in [0.25, 0.3) is 0 Å². The number of rotatable bonds is 2. The zero-order chi connectivity index (χ0) is 14.2. The summed E-state index contributed by atoms with van der Waals surface area (Å²) in [5.41, 5.74) is 5.09. The molecule has 0 radical (unpaired) electrons. The van der Waals surface area contributed by atoms with E-state index in [1.165, 1.54) is 12.1 Å². The molecule has 1 nitrogen and oxygen atoms in total. The molecule has 0 aliphatic carbocycles. The van der Waals surface area contributed by atoms with Crippen LogP contribution in [0.4, 0.5) is 17.6 Å². The molecule has 1 unspecified atom stereocenters. The molecule has 0 amide bonds. The fraction of sp³-hybridized carbons (Fsp3) is 0.0769. The number of hydrogen-bond donors (Lipinski definition) is 1. The summed E-state index contributed by atoms with van der Waals surface area (Å²) in [5.74, 6) is -4.07. The lowest BCUT2D eigenvalue weighted by molar-refractivity contribution is 0.491. The number of nitrogens with two attached hydrogens (primary N) is 1. The van der Waals surface area contributed by atoms with E-state index >= 15 is 0 Å². The first kappa shape index (κ1) is 13.8. The van der Waals surface area contributed by atoms with Crippen molar-refractivity contribution in [3.8, 4) is 0 Å². The summed E-state index contributed by atoms with van der Waals surface area (Å²) in [6.45, 7) is 0. The van der Waals surface area contributed by atoms with Gasteiger partial charge in [-0.15, -0.1) is 0 Å². The fourth-order valence-electron chi connectivity index (χ4n) is 1.70. The lowest BCUT2D eigenvalue weighted by Gasteiger charge is -2.15. The Morgan fingerprint density at radius 2 is 1.58 bits per heavy atom. The van der Waals surface area contributed by atoms with E-state index in [-0.39, 0.29) is 11.1 Å². The predicted octanol–water partition coefficient (Wildman–Crippen LogP) is 3.94. The third-order valence-corrected chi connectivity index (χ3v) is 2.98. The van der Waals surface area contributed by atoms with Crippen LogP contribution in [0.15, 0.2) is 30.3 Å². The van der Waals surface area contributed by atoms with Crippen LogP contribution in [0, 0.1) is 23.3 Å². The third-order valence-electron chi connectivity index (χ3n) is 2.69. The summed E-state index contributed by atoms with van der Waals surface area (Å²) < 4.78 is 53.6. The Balaban J connectivity index is 2.53. The van der Waals surface area contributed by atoms with Crippen LogP contribution in [0.25, 0.3) is 0 Å². The van der Waals surface area contributed by atoms with E-state index in [1.54, 1.807) is 0 Å². The normalized spacial score (nSPS) is 12.5. The lowest BCUT2D eigenvalue weighted by atomic mass is 9.98. The average Bonchev–Trinajstić information content (AvgIpc) is 2.36. The highest BCUT2D eigenvalue weighted by Crippen LogP contribution is 2.28. The van der Waals surface area contributed by atoms with E-state index in [1.807, 2.05) is 0 Å². The van der Waals surface area contributed by atoms with Crippen molar-refractivity contribution in [3.05, 3.63) is 69.8 Å². The van der Waals surface area contributed by atoms with Crippen molar-refractivity contribution in [3.63, 3.8) is 0 Å². The smallest absolute Gasteiger partial charge is 0.163 e. The molecule has 1 atom stereocenters. The molecular weight excluding hydrogens is 282 g/mol. The maximum atomic E-state index is 13.7. The standard InChI is InChI=1S/C13H8ClF4N/c14-8-5-10(16)7(4-11(8)17)13(19)6-2-1-3-9(15)12(6)18/h1-5,13H,19H2. The maximum Gasteiger partial charge on any atom is 0.163 e. The molecule has 0 aromatic heterocycles. The zero-order valence-electron chi connectivity index (χ0n) is 9.43. The monoisotopic (exact) mass is 289 g/mol. The molecule has 0 aliphatic rings. The first-order chi connectivity index (χ1) is 8.91. The average molecular weight is 290 g/mol. The molecule has 0 aliphatic heterocycles. The van der Waals surface area contributed by atoms with Crippen LogP contribution in [-0.2, 0) is 0 Å². The SMILES string of the molecule is NC(c1cc(F)c(Cl)cc1F)c1cccc(F)c1F. The van der Waals surface area contributed by atoms with Crippen molar-refractivity contribution < 1.29 is 17.6 Å². The molecule has 6 heteroatoms. The highest BCUT2D eigenvalue weighted by molar-refractivity contribution is 6.30. The van der Waals surface area contributed by atoms with Gasteiger partial charge >= 0.3 is 0 Å². The van der Waals surface area contributed by atoms with E-state index < -0.39 is 34.3 Å². The topological polar surface area (TPSA) is 26.0 Å². The van der Waals surface area contributed by atoms with Crippen LogP contribution < -0.4 is 5.73 Å². The largest absolute Gasteiger partial charge is 0.320 e. The van der Waals surface area contributed by atoms with E-state index in [0.717, 1.165) is 18.2 Å². The molecular formula is C13H8ClF4N. The summed E-state index contributed by atoms with van der Waals surface area (Å²) in [6.07, 6.45) is 0. The Morgan fingerprint density at radius 1 is 0.895 bits per heavy atom. The number of hydrogen-bond acceptors (Lipinski definition) is 1. The molecule has 2 N–H and O–H groups in total. The Kier molecular flexibility index (Phi) is 3.78. The van der Waals surface area contributed by atoms with Gasteiger partial charge in [0.05, 0.1) is 11.1 Å². The second-order valence-electron chi connectivity index (χ2n) is 3.91. The molecule has 2 rings (SSSR count). The van der Waals surface area contributed by atoms with Gasteiger partial charge < -0.3 is 5.73 Å². The van der Waals surface area contributed by atoms with Gasteiger partial charge in [-0.05, 0) is 18.2 Å². The second kappa shape index (κ2) is 5.19. The Hall–Kier alpha value is -1.59. The molecule has 0 saturated heterocycles. The van der Waals surface area contributed by atoms with E-state index in [2.05, 4.69) is 0 Å². The minimum absolute atomic E-state index is 0.263. The van der Waals surface area contributed by atoms with E-state index in [4.69, 9.17) is 17.3 Å². The maximum absolute atomic E-state index is 13.7. The number of benzene rings is 2. The molecule has 0 saturated carbocycles. The Bertz CT molecular complexity index is 630. The van der Waals surface area contributed by atoms with Gasteiger partial charge in [-0.1, -0.05) is 23.7 Å². The molecule has 19 heavy (non-hydrogen) atoms. The van der Waals surface area contributed by atoms with Gasteiger partial charge in [-0.2, -0.15) is 0 Å². The summed E-state index contributed by atoms with van der Waals surface area (Å²) in [6, 6.07) is 3.52. The van der Waals surface area contributed by atoms with Crippen LogP contribution in [0.3, 0.4) is 0 Å².